The maximum Gasteiger partial charge on any atom is 0.0410 e. The molecule has 1 aromatic heterocycles. The van der Waals surface area contributed by atoms with E-state index in [1.165, 1.54) is 16.8 Å². The van der Waals surface area contributed by atoms with Crippen LogP contribution in [0.15, 0.2) is 47.2 Å². The normalized spacial score (nSPS) is 12.2. The van der Waals surface area contributed by atoms with Gasteiger partial charge in [0, 0.05) is 42.7 Å². The van der Waals surface area contributed by atoms with E-state index in [0.29, 0.717) is 6.04 Å². The molecule has 1 aromatic carbocycles. The Kier molecular flexibility index (Phi) is 5.76. The number of nitrogens with one attached hydrogen (secondary N) is 1. The summed E-state index contributed by atoms with van der Waals surface area (Å²) in [5.41, 5.74) is 3.76. The Morgan fingerprint density at radius 2 is 2.05 bits per heavy atom. The molecule has 0 amide bonds. The van der Waals surface area contributed by atoms with E-state index in [4.69, 9.17) is 0 Å². The minimum absolute atomic E-state index is 0.297. The van der Waals surface area contributed by atoms with E-state index >= 15 is 0 Å². The number of anilines is 1. The first kappa shape index (κ1) is 16.0. The van der Waals surface area contributed by atoms with Gasteiger partial charge in [-0.1, -0.05) is 19.1 Å². The van der Waals surface area contributed by atoms with Gasteiger partial charge in [-0.2, -0.15) is 0 Å². The average molecular weight is 348 g/mol. The Hall–Kier alpha value is -1.39. The van der Waals surface area contributed by atoms with Crippen molar-refractivity contribution in [3.05, 3.63) is 58.3 Å². The Bertz CT molecular complexity index is 584. The molecule has 0 aliphatic heterocycles. The molecule has 2 rings (SSSR count). The zero-order chi connectivity index (χ0) is 15.2. The molecule has 0 radical (unpaired) electrons. The Balaban J connectivity index is 2.24. The molecule has 0 fully saturated rings. The molecule has 0 saturated heterocycles. The molecule has 4 heteroatoms. The molecule has 3 nitrogen and oxygen atoms in total. The summed E-state index contributed by atoms with van der Waals surface area (Å²) in [5.74, 6) is 0. The fourth-order valence-corrected chi connectivity index (χ4v) is 2.79. The Labute approximate surface area is 135 Å². The molecule has 21 heavy (non-hydrogen) atoms. The molecule has 0 aliphatic carbocycles. The van der Waals surface area contributed by atoms with Crippen LogP contribution in [0.3, 0.4) is 0 Å². The van der Waals surface area contributed by atoms with Gasteiger partial charge in [-0.3, -0.25) is 4.98 Å². The lowest BCUT2D eigenvalue weighted by molar-refractivity contribution is 0.549. The van der Waals surface area contributed by atoms with Crippen LogP contribution in [0.5, 0.6) is 0 Å². The molecule has 1 N–H and O–H groups in total. The highest BCUT2D eigenvalue weighted by Gasteiger charge is 2.12. The van der Waals surface area contributed by atoms with E-state index in [-0.39, 0.29) is 0 Å². The summed E-state index contributed by atoms with van der Waals surface area (Å²) in [6.45, 7) is 3.08. The largest absolute Gasteiger partial charge is 0.378 e. The SMILES string of the molecule is CCNC(Cc1cncc(Br)c1)c1cccc(N(C)C)c1. The second-order valence-corrected chi connectivity index (χ2v) is 6.23. The number of halogens is 1. The first-order valence-electron chi connectivity index (χ1n) is 7.20. The lowest BCUT2D eigenvalue weighted by Gasteiger charge is -2.21. The number of hydrogen-bond donors (Lipinski definition) is 1. The summed E-state index contributed by atoms with van der Waals surface area (Å²) in [4.78, 5) is 6.39. The van der Waals surface area contributed by atoms with Crippen molar-refractivity contribution >= 4 is 21.6 Å². The molecule has 0 aliphatic rings. The minimum Gasteiger partial charge on any atom is -0.378 e. The predicted octanol–water partition coefficient (Wildman–Crippen LogP) is 3.80. The maximum absolute atomic E-state index is 4.25. The molecule has 0 bridgehead atoms. The molecule has 2 aromatic rings. The summed E-state index contributed by atoms with van der Waals surface area (Å²) < 4.78 is 1.03. The zero-order valence-corrected chi connectivity index (χ0v) is 14.4. The van der Waals surface area contributed by atoms with Crippen molar-refractivity contribution in [1.29, 1.82) is 0 Å². The quantitative estimate of drug-likeness (QED) is 0.861. The van der Waals surface area contributed by atoms with Crippen LogP contribution < -0.4 is 10.2 Å². The van der Waals surface area contributed by atoms with Crippen LogP contribution in [0.1, 0.15) is 24.1 Å². The van der Waals surface area contributed by atoms with Crippen molar-refractivity contribution in [1.82, 2.24) is 10.3 Å². The number of pyridine rings is 1. The summed E-state index contributed by atoms with van der Waals surface area (Å²) in [7, 11) is 4.14. The van der Waals surface area contributed by atoms with Gasteiger partial charge in [-0.25, -0.2) is 0 Å². The monoisotopic (exact) mass is 347 g/mol. The molecule has 112 valence electrons. The van der Waals surface area contributed by atoms with Gasteiger partial charge in [-0.15, -0.1) is 0 Å². The average Bonchev–Trinajstić information content (AvgIpc) is 2.47. The lowest BCUT2D eigenvalue weighted by atomic mass is 9.99. The van der Waals surface area contributed by atoms with Crippen molar-refractivity contribution in [3.8, 4) is 0 Å². The van der Waals surface area contributed by atoms with Crippen LogP contribution in [-0.2, 0) is 6.42 Å². The molecule has 1 unspecified atom stereocenters. The molecule has 0 saturated carbocycles. The van der Waals surface area contributed by atoms with Crippen molar-refractivity contribution in [2.45, 2.75) is 19.4 Å². The third-order valence-corrected chi connectivity index (χ3v) is 3.87. The second kappa shape index (κ2) is 7.57. The number of hydrogen-bond acceptors (Lipinski definition) is 3. The first-order chi connectivity index (χ1) is 10.1. The summed E-state index contributed by atoms with van der Waals surface area (Å²) >= 11 is 3.49. The Morgan fingerprint density at radius 3 is 2.71 bits per heavy atom. The number of benzene rings is 1. The van der Waals surface area contributed by atoms with Crippen molar-refractivity contribution in [2.75, 3.05) is 25.5 Å². The summed E-state index contributed by atoms with van der Waals surface area (Å²) in [6.07, 6.45) is 4.68. The van der Waals surface area contributed by atoms with Crippen molar-refractivity contribution in [2.24, 2.45) is 0 Å². The number of likely N-dealkylation sites (N-methyl/N-ethyl adjacent to an activating group) is 1. The van der Waals surface area contributed by atoms with Crippen LogP contribution in [-0.4, -0.2) is 25.6 Å². The third kappa shape index (κ3) is 4.55. The van der Waals surface area contributed by atoms with Gasteiger partial charge in [0.2, 0.25) is 0 Å². The second-order valence-electron chi connectivity index (χ2n) is 5.32. The van der Waals surface area contributed by atoms with E-state index in [9.17, 15) is 0 Å². The van der Waals surface area contributed by atoms with E-state index < -0.39 is 0 Å². The number of nitrogens with zero attached hydrogens (tertiary/aromatic N) is 2. The summed E-state index contributed by atoms with van der Waals surface area (Å²) in [6, 6.07) is 11.1. The van der Waals surface area contributed by atoms with Crippen LogP contribution in [0, 0.1) is 0 Å². The van der Waals surface area contributed by atoms with Crippen LogP contribution in [0.4, 0.5) is 5.69 Å². The van der Waals surface area contributed by atoms with Gasteiger partial charge in [0.05, 0.1) is 0 Å². The summed E-state index contributed by atoms with van der Waals surface area (Å²) in [5, 5.41) is 3.57. The van der Waals surface area contributed by atoms with E-state index in [1.807, 2.05) is 12.4 Å². The first-order valence-corrected chi connectivity index (χ1v) is 7.99. The number of aromatic nitrogens is 1. The third-order valence-electron chi connectivity index (χ3n) is 3.44. The highest BCUT2D eigenvalue weighted by atomic mass is 79.9. The molecular formula is C17H22BrN3. The van der Waals surface area contributed by atoms with Crippen LogP contribution in [0.2, 0.25) is 0 Å². The predicted molar refractivity (Wildman–Crippen MR) is 92.8 cm³/mol. The van der Waals surface area contributed by atoms with Gasteiger partial charge in [0.1, 0.15) is 0 Å². The van der Waals surface area contributed by atoms with Gasteiger partial charge < -0.3 is 10.2 Å². The maximum atomic E-state index is 4.25. The van der Waals surface area contributed by atoms with E-state index in [0.717, 1.165) is 17.4 Å². The molecule has 1 heterocycles. The fourth-order valence-electron chi connectivity index (χ4n) is 2.38. The molecular weight excluding hydrogens is 326 g/mol. The van der Waals surface area contributed by atoms with E-state index in [1.54, 1.807) is 0 Å². The highest BCUT2D eigenvalue weighted by Crippen LogP contribution is 2.23. The van der Waals surface area contributed by atoms with Crippen LogP contribution >= 0.6 is 15.9 Å². The van der Waals surface area contributed by atoms with Crippen molar-refractivity contribution < 1.29 is 0 Å². The zero-order valence-electron chi connectivity index (χ0n) is 12.8. The Morgan fingerprint density at radius 1 is 1.24 bits per heavy atom. The van der Waals surface area contributed by atoms with Crippen LogP contribution in [0.25, 0.3) is 0 Å². The smallest absolute Gasteiger partial charge is 0.0410 e. The van der Waals surface area contributed by atoms with E-state index in [2.05, 4.69) is 82.5 Å². The fraction of sp³-hybridized carbons (Fsp3) is 0.353. The van der Waals surface area contributed by atoms with Gasteiger partial charge in [0.15, 0.2) is 0 Å². The van der Waals surface area contributed by atoms with Crippen molar-refractivity contribution in [3.63, 3.8) is 0 Å². The molecule has 1 atom stereocenters. The van der Waals surface area contributed by atoms with Gasteiger partial charge >= 0.3 is 0 Å². The highest BCUT2D eigenvalue weighted by molar-refractivity contribution is 9.10. The topological polar surface area (TPSA) is 28.2 Å². The number of rotatable bonds is 6. The van der Waals surface area contributed by atoms with Gasteiger partial charge in [0.25, 0.3) is 0 Å². The standard InChI is InChI=1S/C17H22BrN3/c1-4-20-17(9-13-8-15(18)12-19-11-13)14-6-5-7-16(10-14)21(2)3/h5-8,10-12,17,20H,4,9H2,1-3H3. The minimum atomic E-state index is 0.297. The molecule has 0 spiro atoms. The van der Waals surface area contributed by atoms with Gasteiger partial charge in [-0.05, 0) is 58.2 Å². The lowest BCUT2D eigenvalue weighted by Crippen LogP contribution is -2.23.